The van der Waals surface area contributed by atoms with Gasteiger partial charge in [0.15, 0.2) is 0 Å². The van der Waals surface area contributed by atoms with Crippen molar-refractivity contribution in [3.8, 4) is 0 Å². The van der Waals surface area contributed by atoms with Crippen molar-refractivity contribution in [2.75, 3.05) is 20.1 Å². The Balaban J connectivity index is 2.48. The second kappa shape index (κ2) is 7.86. The first-order chi connectivity index (χ1) is 9.02. The van der Waals surface area contributed by atoms with E-state index < -0.39 is 0 Å². The van der Waals surface area contributed by atoms with Crippen LogP contribution < -0.4 is 11.1 Å². The van der Waals surface area contributed by atoms with E-state index in [0.29, 0.717) is 18.0 Å². The molecule has 0 unspecified atom stereocenters. The highest BCUT2D eigenvalue weighted by Crippen LogP contribution is 2.08. The van der Waals surface area contributed by atoms with Gasteiger partial charge in [-0.15, -0.1) is 0 Å². The van der Waals surface area contributed by atoms with Crippen LogP contribution in [-0.4, -0.2) is 35.9 Å². The number of benzene rings is 1. The third kappa shape index (κ3) is 5.81. The number of nitrogens with zero attached hydrogens (tertiary/aromatic N) is 1. The van der Waals surface area contributed by atoms with Gasteiger partial charge in [-0.05, 0) is 25.6 Å². The molecule has 0 aliphatic carbocycles. The lowest BCUT2D eigenvalue weighted by atomic mass is 10.1. The average Bonchev–Trinajstić information content (AvgIpc) is 2.37. The maximum atomic E-state index is 11.4. The van der Waals surface area contributed by atoms with E-state index in [1.54, 1.807) is 0 Å². The van der Waals surface area contributed by atoms with Gasteiger partial charge in [-0.25, -0.2) is 0 Å². The van der Waals surface area contributed by atoms with Crippen LogP contribution >= 0.6 is 12.2 Å². The number of hydrogen-bond acceptors (Lipinski definition) is 3. The maximum absolute atomic E-state index is 11.4. The van der Waals surface area contributed by atoms with Crippen LogP contribution in [0.25, 0.3) is 0 Å². The summed E-state index contributed by atoms with van der Waals surface area (Å²) in [5.74, 6) is 0.0891. The fourth-order valence-corrected chi connectivity index (χ4v) is 1.92. The van der Waals surface area contributed by atoms with Crippen LogP contribution in [0.5, 0.6) is 0 Å². The lowest BCUT2D eigenvalue weighted by Gasteiger charge is -2.16. The van der Waals surface area contributed by atoms with Crippen LogP contribution in [0.15, 0.2) is 24.3 Å². The van der Waals surface area contributed by atoms with Gasteiger partial charge in [0.05, 0.1) is 0 Å². The Morgan fingerprint density at radius 1 is 1.47 bits per heavy atom. The molecule has 0 aliphatic rings. The highest BCUT2D eigenvalue weighted by molar-refractivity contribution is 7.80. The van der Waals surface area contributed by atoms with Crippen LogP contribution in [0.2, 0.25) is 0 Å². The van der Waals surface area contributed by atoms with Crippen molar-refractivity contribution in [2.24, 2.45) is 5.73 Å². The van der Waals surface area contributed by atoms with E-state index in [1.165, 1.54) is 0 Å². The number of carbonyl (C=O) groups excluding carboxylic acids is 1. The molecule has 19 heavy (non-hydrogen) atoms. The second-order valence-electron chi connectivity index (χ2n) is 4.51. The average molecular weight is 279 g/mol. The minimum absolute atomic E-state index is 0.0891. The number of carbonyl (C=O) groups is 1. The summed E-state index contributed by atoms with van der Waals surface area (Å²) >= 11 is 4.96. The van der Waals surface area contributed by atoms with Gasteiger partial charge in [-0.2, -0.15) is 0 Å². The molecule has 3 N–H and O–H groups in total. The zero-order chi connectivity index (χ0) is 14.3. The largest absolute Gasteiger partial charge is 0.389 e. The van der Waals surface area contributed by atoms with E-state index in [9.17, 15) is 4.79 Å². The lowest BCUT2D eigenvalue weighted by molar-refractivity contribution is -0.121. The molecular formula is C14H21N3OS. The topological polar surface area (TPSA) is 58.4 Å². The van der Waals surface area contributed by atoms with Crippen molar-refractivity contribution in [3.05, 3.63) is 35.4 Å². The summed E-state index contributed by atoms with van der Waals surface area (Å²) in [6, 6.07) is 7.87. The van der Waals surface area contributed by atoms with E-state index in [-0.39, 0.29) is 5.91 Å². The van der Waals surface area contributed by atoms with E-state index in [1.807, 2.05) is 38.2 Å². The van der Waals surface area contributed by atoms with Gasteiger partial charge >= 0.3 is 0 Å². The quantitative estimate of drug-likeness (QED) is 0.738. The lowest BCUT2D eigenvalue weighted by Crippen LogP contribution is -2.28. The Labute approximate surface area is 120 Å². The number of hydrogen-bond donors (Lipinski definition) is 2. The molecule has 0 spiro atoms. The predicted octanol–water partition coefficient (Wildman–Crippen LogP) is 1.28. The zero-order valence-electron chi connectivity index (χ0n) is 11.5. The standard InChI is InChI=1S/C14H21N3OS/c1-3-16-13(18)7-8-17(2)10-11-5-4-6-12(9-11)14(15)19/h4-6,9H,3,7-8,10H2,1-2H3,(H2,15,19)(H,16,18). The van der Waals surface area contributed by atoms with Crippen molar-refractivity contribution in [1.82, 2.24) is 10.2 Å². The van der Waals surface area contributed by atoms with Crippen molar-refractivity contribution in [2.45, 2.75) is 19.9 Å². The summed E-state index contributed by atoms with van der Waals surface area (Å²) in [4.78, 5) is 13.9. The molecule has 0 saturated heterocycles. The monoisotopic (exact) mass is 279 g/mol. The molecule has 0 heterocycles. The van der Waals surface area contributed by atoms with Crippen LogP contribution in [0.1, 0.15) is 24.5 Å². The Morgan fingerprint density at radius 2 is 2.21 bits per heavy atom. The molecule has 104 valence electrons. The molecule has 1 aromatic carbocycles. The molecule has 4 nitrogen and oxygen atoms in total. The zero-order valence-corrected chi connectivity index (χ0v) is 12.3. The van der Waals surface area contributed by atoms with Crippen molar-refractivity contribution in [3.63, 3.8) is 0 Å². The Morgan fingerprint density at radius 3 is 2.84 bits per heavy atom. The predicted molar refractivity (Wildman–Crippen MR) is 82.0 cm³/mol. The number of nitrogens with two attached hydrogens (primary N) is 1. The first kappa shape index (κ1) is 15.6. The van der Waals surface area contributed by atoms with Gasteiger partial charge in [-0.1, -0.05) is 30.4 Å². The van der Waals surface area contributed by atoms with Gasteiger partial charge in [0, 0.05) is 31.6 Å². The summed E-state index contributed by atoms with van der Waals surface area (Å²) in [5.41, 5.74) is 7.63. The third-order valence-electron chi connectivity index (χ3n) is 2.76. The first-order valence-corrected chi connectivity index (χ1v) is 6.77. The molecule has 0 bridgehead atoms. The van der Waals surface area contributed by atoms with E-state index in [4.69, 9.17) is 18.0 Å². The van der Waals surface area contributed by atoms with Crippen LogP contribution in [0.4, 0.5) is 0 Å². The Bertz CT molecular complexity index is 448. The van der Waals surface area contributed by atoms with Crippen LogP contribution in [0.3, 0.4) is 0 Å². The molecule has 0 atom stereocenters. The molecule has 0 aliphatic heterocycles. The second-order valence-corrected chi connectivity index (χ2v) is 4.95. The number of rotatable bonds is 7. The Hall–Kier alpha value is -1.46. The summed E-state index contributed by atoms with van der Waals surface area (Å²) in [6.45, 7) is 4.10. The molecule has 1 amide bonds. The highest BCUT2D eigenvalue weighted by Gasteiger charge is 2.05. The van der Waals surface area contributed by atoms with Crippen molar-refractivity contribution in [1.29, 1.82) is 0 Å². The van der Waals surface area contributed by atoms with E-state index in [0.717, 1.165) is 24.2 Å². The molecule has 1 aromatic rings. The van der Waals surface area contributed by atoms with Gasteiger partial charge in [0.2, 0.25) is 5.91 Å². The SMILES string of the molecule is CCNC(=O)CCN(C)Cc1cccc(C(N)=S)c1. The van der Waals surface area contributed by atoms with Crippen molar-refractivity contribution >= 4 is 23.1 Å². The molecule has 5 heteroatoms. The van der Waals surface area contributed by atoms with Gasteiger partial charge in [0.25, 0.3) is 0 Å². The summed E-state index contributed by atoms with van der Waals surface area (Å²) in [7, 11) is 1.99. The number of nitrogens with one attached hydrogen (secondary N) is 1. The van der Waals surface area contributed by atoms with Crippen molar-refractivity contribution < 1.29 is 4.79 Å². The smallest absolute Gasteiger partial charge is 0.221 e. The maximum Gasteiger partial charge on any atom is 0.221 e. The fraction of sp³-hybridized carbons (Fsp3) is 0.429. The van der Waals surface area contributed by atoms with Gasteiger partial charge in [0.1, 0.15) is 4.99 Å². The normalized spacial score (nSPS) is 10.5. The molecule has 1 rings (SSSR count). The van der Waals surface area contributed by atoms with Crippen LogP contribution in [0, 0.1) is 0 Å². The fourth-order valence-electron chi connectivity index (χ4n) is 1.79. The third-order valence-corrected chi connectivity index (χ3v) is 2.99. The summed E-state index contributed by atoms with van der Waals surface area (Å²) < 4.78 is 0. The minimum Gasteiger partial charge on any atom is -0.389 e. The molecule has 0 aromatic heterocycles. The molecule has 0 saturated carbocycles. The van der Waals surface area contributed by atoms with E-state index in [2.05, 4.69) is 10.2 Å². The highest BCUT2D eigenvalue weighted by atomic mass is 32.1. The first-order valence-electron chi connectivity index (χ1n) is 6.37. The number of thiocarbonyl (C=S) groups is 1. The Kier molecular flexibility index (Phi) is 6.45. The number of amides is 1. The minimum atomic E-state index is 0.0891. The van der Waals surface area contributed by atoms with Gasteiger partial charge in [-0.3, -0.25) is 4.79 Å². The molecule has 0 radical (unpaired) electrons. The summed E-state index contributed by atoms with van der Waals surface area (Å²) in [6.07, 6.45) is 0.513. The molecular weight excluding hydrogens is 258 g/mol. The van der Waals surface area contributed by atoms with Crippen LogP contribution in [-0.2, 0) is 11.3 Å². The van der Waals surface area contributed by atoms with Gasteiger partial charge < -0.3 is 16.0 Å². The van der Waals surface area contributed by atoms with E-state index >= 15 is 0 Å². The molecule has 0 fully saturated rings. The summed E-state index contributed by atoms with van der Waals surface area (Å²) in [5, 5.41) is 2.79.